The molecule has 3 unspecified atom stereocenters. The van der Waals surface area contributed by atoms with Crippen LogP contribution in [0.2, 0.25) is 0 Å². The van der Waals surface area contributed by atoms with Crippen LogP contribution in [0.15, 0.2) is 24.3 Å². The lowest BCUT2D eigenvalue weighted by atomic mass is 9.77. The number of benzene rings is 1. The summed E-state index contributed by atoms with van der Waals surface area (Å²) in [6, 6.07) is 8.93. The molecule has 3 heteroatoms. The highest BCUT2D eigenvalue weighted by atomic mass is 16.4. The van der Waals surface area contributed by atoms with E-state index in [1.807, 2.05) is 0 Å². The Morgan fingerprint density at radius 1 is 1.24 bits per heavy atom. The highest BCUT2D eigenvalue weighted by Gasteiger charge is 2.31. The smallest absolute Gasteiger partial charge is 0.305 e. The number of anilines is 1. The number of carbonyl (C=O) groups is 1. The maximum absolute atomic E-state index is 11.0. The molecule has 0 heterocycles. The Morgan fingerprint density at radius 3 is 2.52 bits per heavy atom. The number of carboxylic acid groups (broad SMARTS) is 1. The van der Waals surface area contributed by atoms with E-state index in [9.17, 15) is 4.79 Å². The Labute approximate surface area is 128 Å². The van der Waals surface area contributed by atoms with Gasteiger partial charge in [-0.2, -0.15) is 0 Å². The lowest BCUT2D eigenvalue weighted by Gasteiger charge is -2.43. The molecule has 1 aliphatic carbocycles. The van der Waals surface area contributed by atoms with E-state index in [0.29, 0.717) is 24.4 Å². The van der Waals surface area contributed by atoms with Gasteiger partial charge in [-0.3, -0.25) is 4.79 Å². The molecule has 3 atom stereocenters. The summed E-state index contributed by atoms with van der Waals surface area (Å²) in [5.74, 6) is 0.596. The maximum Gasteiger partial charge on any atom is 0.305 e. The third-order valence-electron chi connectivity index (χ3n) is 5.00. The van der Waals surface area contributed by atoms with Gasteiger partial charge in [0.2, 0.25) is 0 Å². The van der Waals surface area contributed by atoms with E-state index >= 15 is 0 Å². The molecule has 1 fully saturated rings. The van der Waals surface area contributed by atoms with Crippen molar-refractivity contribution in [3.63, 3.8) is 0 Å². The van der Waals surface area contributed by atoms with Crippen molar-refractivity contribution in [3.05, 3.63) is 29.8 Å². The molecule has 1 N–H and O–H groups in total. The van der Waals surface area contributed by atoms with Crippen LogP contribution in [0.1, 0.15) is 45.1 Å². The van der Waals surface area contributed by atoms with E-state index in [1.165, 1.54) is 24.8 Å². The first-order valence-electron chi connectivity index (χ1n) is 8.04. The van der Waals surface area contributed by atoms with Crippen LogP contribution < -0.4 is 4.90 Å². The lowest BCUT2D eigenvalue weighted by molar-refractivity contribution is -0.136. The molecular formula is C18H27NO2. The summed E-state index contributed by atoms with van der Waals surface area (Å²) in [6.07, 6.45) is 3.90. The van der Waals surface area contributed by atoms with Crippen molar-refractivity contribution in [1.29, 1.82) is 0 Å². The second-order valence-electron chi connectivity index (χ2n) is 6.51. The Balaban J connectivity index is 2.22. The predicted molar refractivity (Wildman–Crippen MR) is 86.7 cm³/mol. The van der Waals surface area contributed by atoms with Crippen LogP contribution in [0.5, 0.6) is 0 Å². The van der Waals surface area contributed by atoms with Crippen molar-refractivity contribution >= 4 is 11.7 Å². The number of aryl methyl sites for hydroxylation is 1. The molecule has 1 aliphatic rings. The Hall–Kier alpha value is -1.51. The minimum Gasteiger partial charge on any atom is -0.481 e. The first kappa shape index (κ1) is 15.9. The van der Waals surface area contributed by atoms with Crippen LogP contribution in [-0.2, 0) is 4.79 Å². The van der Waals surface area contributed by atoms with Crippen LogP contribution in [0, 0.1) is 18.8 Å². The number of aliphatic carboxylic acids is 1. The van der Waals surface area contributed by atoms with Crippen molar-refractivity contribution in [2.45, 2.75) is 52.5 Å². The van der Waals surface area contributed by atoms with E-state index in [-0.39, 0.29) is 6.42 Å². The maximum atomic E-state index is 11.0. The zero-order valence-corrected chi connectivity index (χ0v) is 13.4. The van der Waals surface area contributed by atoms with Gasteiger partial charge < -0.3 is 10.0 Å². The average molecular weight is 289 g/mol. The Kier molecular flexibility index (Phi) is 5.27. The largest absolute Gasteiger partial charge is 0.481 e. The minimum atomic E-state index is -0.719. The quantitative estimate of drug-likeness (QED) is 0.887. The third kappa shape index (κ3) is 3.99. The second kappa shape index (κ2) is 6.97. The third-order valence-corrected chi connectivity index (χ3v) is 5.00. The second-order valence-corrected chi connectivity index (χ2v) is 6.51. The topological polar surface area (TPSA) is 40.5 Å². The SMILES string of the molecule is Cc1ccc(N(CCC(=O)O)C2CCCC(C)C2C)cc1. The van der Waals surface area contributed by atoms with Gasteiger partial charge in [-0.05, 0) is 37.3 Å². The van der Waals surface area contributed by atoms with Gasteiger partial charge in [0.05, 0.1) is 6.42 Å². The summed E-state index contributed by atoms with van der Waals surface area (Å²) in [5.41, 5.74) is 2.40. The summed E-state index contributed by atoms with van der Waals surface area (Å²) in [6.45, 7) is 7.31. The van der Waals surface area contributed by atoms with Gasteiger partial charge >= 0.3 is 5.97 Å². The summed E-state index contributed by atoms with van der Waals surface area (Å²) >= 11 is 0. The van der Waals surface area contributed by atoms with Crippen LogP contribution in [0.3, 0.4) is 0 Å². The molecule has 1 aromatic rings. The van der Waals surface area contributed by atoms with Crippen molar-refractivity contribution in [2.24, 2.45) is 11.8 Å². The van der Waals surface area contributed by atoms with Crippen molar-refractivity contribution < 1.29 is 9.90 Å². The zero-order valence-electron chi connectivity index (χ0n) is 13.4. The Morgan fingerprint density at radius 2 is 1.90 bits per heavy atom. The fraction of sp³-hybridized carbons (Fsp3) is 0.611. The number of hydrogen-bond acceptors (Lipinski definition) is 2. The molecule has 116 valence electrons. The summed E-state index contributed by atoms with van der Waals surface area (Å²) in [7, 11) is 0. The molecule has 3 nitrogen and oxygen atoms in total. The molecule has 0 aromatic heterocycles. The average Bonchev–Trinajstić information content (AvgIpc) is 2.45. The van der Waals surface area contributed by atoms with Gasteiger partial charge in [0, 0.05) is 18.3 Å². The molecule has 0 spiro atoms. The monoisotopic (exact) mass is 289 g/mol. The van der Waals surface area contributed by atoms with Gasteiger partial charge in [-0.1, -0.05) is 44.4 Å². The van der Waals surface area contributed by atoms with Gasteiger partial charge in [-0.25, -0.2) is 0 Å². The predicted octanol–water partition coefficient (Wildman–Crippen LogP) is 4.10. The van der Waals surface area contributed by atoms with Gasteiger partial charge in [0.15, 0.2) is 0 Å². The number of nitrogens with zero attached hydrogens (tertiary/aromatic N) is 1. The van der Waals surface area contributed by atoms with Crippen LogP contribution in [0.4, 0.5) is 5.69 Å². The number of rotatable bonds is 5. The fourth-order valence-corrected chi connectivity index (χ4v) is 3.43. The summed E-state index contributed by atoms with van der Waals surface area (Å²) in [4.78, 5) is 13.3. The lowest BCUT2D eigenvalue weighted by Crippen LogP contribution is -2.45. The molecule has 0 radical (unpaired) electrons. The first-order chi connectivity index (χ1) is 9.99. The van der Waals surface area contributed by atoms with Gasteiger partial charge in [0.25, 0.3) is 0 Å². The molecule has 2 rings (SSSR count). The minimum absolute atomic E-state index is 0.200. The Bertz CT molecular complexity index is 469. The van der Waals surface area contributed by atoms with Gasteiger partial charge in [0.1, 0.15) is 0 Å². The fourth-order valence-electron chi connectivity index (χ4n) is 3.43. The highest BCUT2D eigenvalue weighted by Crippen LogP contribution is 2.35. The van der Waals surface area contributed by atoms with E-state index in [4.69, 9.17) is 5.11 Å². The molecular weight excluding hydrogens is 262 g/mol. The molecule has 1 saturated carbocycles. The van der Waals surface area contributed by atoms with E-state index in [2.05, 4.69) is 49.9 Å². The molecule has 1 aromatic carbocycles. The van der Waals surface area contributed by atoms with Crippen LogP contribution in [0.25, 0.3) is 0 Å². The summed E-state index contributed by atoms with van der Waals surface area (Å²) in [5, 5.41) is 9.04. The molecule has 0 aliphatic heterocycles. The van der Waals surface area contributed by atoms with Gasteiger partial charge in [-0.15, -0.1) is 0 Å². The number of hydrogen-bond donors (Lipinski definition) is 1. The molecule has 0 saturated heterocycles. The first-order valence-corrected chi connectivity index (χ1v) is 8.04. The zero-order chi connectivity index (χ0) is 15.4. The molecule has 0 bridgehead atoms. The van der Waals surface area contributed by atoms with Crippen LogP contribution >= 0.6 is 0 Å². The van der Waals surface area contributed by atoms with E-state index in [1.54, 1.807) is 0 Å². The molecule has 0 amide bonds. The normalized spacial score (nSPS) is 25.6. The highest BCUT2D eigenvalue weighted by molar-refractivity contribution is 5.67. The standard InChI is InChI=1S/C18H27NO2/c1-13-7-9-16(10-8-13)19(12-11-18(20)21)17-6-4-5-14(2)15(17)3/h7-10,14-15,17H,4-6,11-12H2,1-3H3,(H,20,21). The van der Waals surface area contributed by atoms with E-state index in [0.717, 1.165) is 5.69 Å². The van der Waals surface area contributed by atoms with E-state index < -0.39 is 5.97 Å². The summed E-state index contributed by atoms with van der Waals surface area (Å²) < 4.78 is 0. The van der Waals surface area contributed by atoms with Crippen molar-refractivity contribution in [1.82, 2.24) is 0 Å². The van der Waals surface area contributed by atoms with Crippen molar-refractivity contribution in [2.75, 3.05) is 11.4 Å². The molecule has 21 heavy (non-hydrogen) atoms. The van der Waals surface area contributed by atoms with Crippen LogP contribution in [-0.4, -0.2) is 23.7 Å². The number of carboxylic acids is 1. The van der Waals surface area contributed by atoms with Crippen molar-refractivity contribution in [3.8, 4) is 0 Å².